The topological polar surface area (TPSA) is 18.5 Å². The van der Waals surface area contributed by atoms with Crippen LogP contribution in [0, 0.1) is 0 Å². The van der Waals surface area contributed by atoms with Gasteiger partial charge in [0.15, 0.2) is 0 Å². The molecule has 1 aliphatic carbocycles. The van der Waals surface area contributed by atoms with Crippen LogP contribution in [0.3, 0.4) is 0 Å². The first-order chi connectivity index (χ1) is 12.9. The van der Waals surface area contributed by atoms with Crippen LogP contribution < -0.4 is 9.47 Å². The van der Waals surface area contributed by atoms with Gasteiger partial charge in [-0.1, -0.05) is 49.2 Å². The predicted molar refractivity (Wildman–Crippen MR) is 113 cm³/mol. The van der Waals surface area contributed by atoms with Crippen LogP contribution in [0.1, 0.15) is 30.5 Å². The third kappa shape index (κ3) is 2.20. The van der Waals surface area contributed by atoms with Gasteiger partial charge in [-0.25, -0.2) is 0 Å². The zero-order valence-electron chi connectivity index (χ0n) is 15.3. The number of benzene rings is 3. The van der Waals surface area contributed by atoms with Gasteiger partial charge in [0.25, 0.3) is 0 Å². The van der Waals surface area contributed by atoms with Gasteiger partial charge < -0.3 is 9.47 Å². The van der Waals surface area contributed by atoms with Crippen LogP contribution in [0.4, 0.5) is 0 Å². The number of fused-ring (bicyclic) bond motifs is 8. The van der Waals surface area contributed by atoms with Crippen molar-refractivity contribution >= 4 is 40.1 Å². The first kappa shape index (κ1) is 17.0. The van der Waals surface area contributed by atoms with E-state index in [-0.39, 0.29) is 5.41 Å². The van der Waals surface area contributed by atoms with Crippen LogP contribution in [-0.2, 0) is 5.41 Å². The molecule has 0 N–H and O–H groups in total. The lowest BCUT2D eigenvalue weighted by molar-refractivity contribution is 0.362. The summed E-state index contributed by atoms with van der Waals surface area (Å²) in [6.07, 6.45) is 4.21. The van der Waals surface area contributed by atoms with E-state index in [4.69, 9.17) is 32.7 Å². The highest BCUT2D eigenvalue weighted by Gasteiger charge is 2.40. The minimum atomic E-state index is -0.197. The molecule has 0 fully saturated rings. The Morgan fingerprint density at radius 3 is 2.70 bits per heavy atom. The maximum Gasteiger partial charge on any atom is 0.136 e. The summed E-state index contributed by atoms with van der Waals surface area (Å²) in [6.45, 7) is 5.04. The fourth-order valence-electron chi connectivity index (χ4n) is 4.57. The van der Waals surface area contributed by atoms with E-state index in [1.807, 2.05) is 12.1 Å². The van der Waals surface area contributed by atoms with Crippen molar-refractivity contribution in [2.24, 2.45) is 0 Å². The van der Waals surface area contributed by atoms with Gasteiger partial charge in [-0.3, -0.25) is 0 Å². The first-order valence-corrected chi connectivity index (χ1v) is 9.66. The highest BCUT2D eigenvalue weighted by molar-refractivity contribution is 6.40. The number of hydrogen-bond acceptors (Lipinski definition) is 2. The van der Waals surface area contributed by atoms with Gasteiger partial charge in [0, 0.05) is 21.4 Å². The monoisotopic (exact) mass is 396 g/mol. The van der Waals surface area contributed by atoms with E-state index in [9.17, 15) is 0 Å². The summed E-state index contributed by atoms with van der Waals surface area (Å²) in [5, 5.41) is 3.21. The lowest BCUT2D eigenvalue weighted by Crippen LogP contribution is -2.18. The van der Waals surface area contributed by atoms with Crippen molar-refractivity contribution < 1.29 is 9.47 Å². The van der Waals surface area contributed by atoms with Crippen molar-refractivity contribution in [1.29, 1.82) is 0 Å². The number of ether oxygens (including phenoxy) is 2. The van der Waals surface area contributed by atoms with Crippen molar-refractivity contribution in [2.45, 2.75) is 19.3 Å². The summed E-state index contributed by atoms with van der Waals surface area (Å²) in [4.78, 5) is 0. The number of halogens is 2. The molecule has 0 unspecified atom stereocenters. The Labute approximate surface area is 168 Å². The Balaban J connectivity index is 2.02. The average Bonchev–Trinajstić information content (AvgIpc) is 2.89. The number of hydrogen-bond donors (Lipinski definition) is 0. The molecule has 2 aliphatic rings. The van der Waals surface area contributed by atoms with Crippen LogP contribution >= 0.6 is 23.2 Å². The zero-order chi connectivity index (χ0) is 18.9. The Morgan fingerprint density at radius 2 is 1.93 bits per heavy atom. The molecular formula is C23H18Cl2O2. The van der Waals surface area contributed by atoms with Gasteiger partial charge in [0.2, 0.25) is 0 Å². The molecule has 0 amide bonds. The van der Waals surface area contributed by atoms with Crippen LogP contribution in [0.2, 0.25) is 10.0 Å². The predicted octanol–water partition coefficient (Wildman–Crippen LogP) is 6.87. The van der Waals surface area contributed by atoms with Gasteiger partial charge in [-0.15, -0.1) is 0 Å². The highest BCUT2D eigenvalue weighted by atomic mass is 35.5. The summed E-state index contributed by atoms with van der Waals surface area (Å²) in [7, 11) is 1.70. The van der Waals surface area contributed by atoms with E-state index in [0.717, 1.165) is 27.8 Å². The highest BCUT2D eigenvalue weighted by Crippen LogP contribution is 2.57. The Morgan fingerprint density at radius 1 is 1.11 bits per heavy atom. The number of methoxy groups -OCH3 is 1. The summed E-state index contributed by atoms with van der Waals surface area (Å²) in [5.74, 6) is 1.71. The maximum atomic E-state index is 6.64. The Kier molecular flexibility index (Phi) is 3.56. The van der Waals surface area contributed by atoms with Crippen molar-refractivity contribution in [3.8, 4) is 22.6 Å². The molecule has 2 nitrogen and oxygen atoms in total. The first-order valence-electron chi connectivity index (χ1n) is 8.91. The summed E-state index contributed by atoms with van der Waals surface area (Å²) >= 11 is 13.0. The van der Waals surface area contributed by atoms with Crippen molar-refractivity contribution in [3.63, 3.8) is 0 Å². The van der Waals surface area contributed by atoms with Crippen LogP contribution in [0.5, 0.6) is 11.5 Å². The summed E-state index contributed by atoms with van der Waals surface area (Å²) < 4.78 is 11.6. The quantitative estimate of drug-likeness (QED) is 0.446. The van der Waals surface area contributed by atoms with Gasteiger partial charge in [0.1, 0.15) is 18.1 Å². The lowest BCUT2D eigenvalue weighted by atomic mass is 9.78. The molecule has 3 aromatic carbocycles. The summed E-state index contributed by atoms with van der Waals surface area (Å²) in [5.41, 5.74) is 5.78. The molecule has 1 aliphatic heterocycles. The van der Waals surface area contributed by atoms with E-state index in [0.29, 0.717) is 16.7 Å². The standard InChI is InChI=1S/C23H18Cl2O2/c1-23(2)17-11-13(26-3)6-7-14(17)19-16-9-12(24)10-18(25)20(16)22-15(21(19)23)5-4-8-27-22/h4-7,9-11H,8H2,1-3H3. The molecule has 0 saturated carbocycles. The normalized spacial score (nSPS) is 15.9. The van der Waals surface area contributed by atoms with E-state index in [1.54, 1.807) is 13.2 Å². The molecule has 0 spiro atoms. The van der Waals surface area contributed by atoms with Gasteiger partial charge in [0.05, 0.1) is 12.1 Å². The second-order valence-electron chi connectivity index (χ2n) is 7.55. The van der Waals surface area contributed by atoms with Gasteiger partial charge in [-0.05, 0) is 58.0 Å². The molecule has 5 rings (SSSR count). The molecule has 0 atom stereocenters. The maximum absolute atomic E-state index is 6.64. The van der Waals surface area contributed by atoms with E-state index >= 15 is 0 Å². The third-order valence-corrected chi connectivity index (χ3v) is 6.23. The largest absolute Gasteiger partial charge is 0.497 e. The lowest BCUT2D eigenvalue weighted by Gasteiger charge is -2.27. The van der Waals surface area contributed by atoms with Crippen LogP contribution in [-0.4, -0.2) is 13.7 Å². The molecule has 4 heteroatoms. The minimum Gasteiger partial charge on any atom is -0.497 e. The molecule has 0 radical (unpaired) electrons. The van der Waals surface area contributed by atoms with Crippen molar-refractivity contribution in [1.82, 2.24) is 0 Å². The molecular weight excluding hydrogens is 379 g/mol. The Hall–Kier alpha value is -2.16. The van der Waals surface area contributed by atoms with E-state index in [2.05, 4.69) is 38.1 Å². The van der Waals surface area contributed by atoms with Gasteiger partial charge in [-0.2, -0.15) is 0 Å². The fourth-order valence-corrected chi connectivity index (χ4v) is 5.15. The van der Waals surface area contributed by atoms with Crippen molar-refractivity contribution in [2.75, 3.05) is 13.7 Å². The third-order valence-electron chi connectivity index (χ3n) is 5.72. The molecule has 3 aromatic rings. The smallest absolute Gasteiger partial charge is 0.136 e. The molecule has 0 bridgehead atoms. The molecule has 0 saturated heterocycles. The van der Waals surface area contributed by atoms with Crippen LogP contribution in [0.25, 0.3) is 28.0 Å². The zero-order valence-corrected chi connectivity index (χ0v) is 16.8. The second-order valence-corrected chi connectivity index (χ2v) is 8.40. The molecule has 27 heavy (non-hydrogen) atoms. The molecule has 136 valence electrons. The summed E-state index contributed by atoms with van der Waals surface area (Å²) in [6, 6.07) is 10.1. The number of rotatable bonds is 1. The Bertz CT molecular complexity index is 1160. The van der Waals surface area contributed by atoms with Crippen molar-refractivity contribution in [3.05, 3.63) is 63.1 Å². The minimum absolute atomic E-state index is 0.197. The fraction of sp³-hybridized carbons (Fsp3) is 0.217. The van der Waals surface area contributed by atoms with E-state index < -0.39 is 0 Å². The SMILES string of the molecule is COc1ccc2c(c1)C(C)(C)c1c3c(c4c(Cl)cc(Cl)cc4c1-2)OCC=C3. The second kappa shape index (κ2) is 5.67. The molecule has 0 aromatic heterocycles. The molecule has 1 heterocycles. The van der Waals surface area contributed by atoms with Gasteiger partial charge >= 0.3 is 0 Å². The average molecular weight is 397 g/mol. The van der Waals surface area contributed by atoms with E-state index in [1.165, 1.54) is 22.3 Å². The van der Waals surface area contributed by atoms with Crippen LogP contribution in [0.15, 0.2) is 36.4 Å².